The zero-order chi connectivity index (χ0) is 25.1. The second-order valence-corrected chi connectivity index (χ2v) is 9.59. The number of hydrogen-bond donors (Lipinski definition) is 0. The maximum atomic E-state index is 2.42. The van der Waals surface area contributed by atoms with Crippen molar-refractivity contribution >= 4 is 22.7 Å². The van der Waals surface area contributed by atoms with E-state index in [0.29, 0.717) is 0 Å². The molecule has 0 aliphatic rings. The molecule has 0 bridgehead atoms. The van der Waals surface area contributed by atoms with Crippen molar-refractivity contribution in [1.82, 2.24) is 0 Å². The fourth-order valence-electron chi connectivity index (χ4n) is 4.67. The SMILES string of the molecule is CCN(CC)c1cc(-c2ccc(N(c3ccc(C)c(C)c3)c3ccc(C)c(C)c3)cc2)ccc1C. The van der Waals surface area contributed by atoms with Crippen molar-refractivity contribution in [2.75, 3.05) is 22.9 Å². The highest BCUT2D eigenvalue weighted by atomic mass is 15.1. The van der Waals surface area contributed by atoms with Crippen LogP contribution in [0.4, 0.5) is 22.7 Å². The van der Waals surface area contributed by atoms with E-state index in [-0.39, 0.29) is 0 Å². The first-order valence-electron chi connectivity index (χ1n) is 12.7. The average Bonchev–Trinajstić information content (AvgIpc) is 2.86. The average molecular weight is 463 g/mol. The molecular formula is C33H38N2. The first-order chi connectivity index (χ1) is 16.8. The summed E-state index contributed by atoms with van der Waals surface area (Å²) in [5.41, 5.74) is 13.9. The van der Waals surface area contributed by atoms with Crippen LogP contribution in [0, 0.1) is 34.6 Å². The quantitative estimate of drug-likeness (QED) is 0.270. The van der Waals surface area contributed by atoms with Gasteiger partial charge in [0.25, 0.3) is 0 Å². The van der Waals surface area contributed by atoms with Gasteiger partial charge in [0.1, 0.15) is 0 Å². The Bertz CT molecular complexity index is 1260. The molecule has 0 spiro atoms. The number of benzene rings is 4. The summed E-state index contributed by atoms with van der Waals surface area (Å²) >= 11 is 0. The molecule has 0 aromatic heterocycles. The van der Waals surface area contributed by atoms with Crippen molar-refractivity contribution in [1.29, 1.82) is 0 Å². The molecule has 4 rings (SSSR count). The van der Waals surface area contributed by atoms with Gasteiger partial charge in [-0.05, 0) is 130 Å². The smallest absolute Gasteiger partial charge is 0.0464 e. The van der Waals surface area contributed by atoms with Crippen LogP contribution in [-0.4, -0.2) is 13.1 Å². The van der Waals surface area contributed by atoms with Crippen LogP contribution >= 0.6 is 0 Å². The minimum Gasteiger partial charge on any atom is -0.372 e. The van der Waals surface area contributed by atoms with Gasteiger partial charge in [0.2, 0.25) is 0 Å². The fraction of sp³-hybridized carbons (Fsp3) is 0.273. The van der Waals surface area contributed by atoms with E-state index in [9.17, 15) is 0 Å². The molecule has 0 N–H and O–H groups in total. The van der Waals surface area contributed by atoms with Crippen LogP contribution in [0.3, 0.4) is 0 Å². The molecule has 0 saturated heterocycles. The van der Waals surface area contributed by atoms with Gasteiger partial charge >= 0.3 is 0 Å². The zero-order valence-corrected chi connectivity index (χ0v) is 22.3. The van der Waals surface area contributed by atoms with E-state index >= 15 is 0 Å². The summed E-state index contributed by atoms with van der Waals surface area (Å²) in [6, 6.07) is 29.3. The predicted octanol–water partition coefficient (Wildman–Crippen LogP) is 9.21. The first kappa shape index (κ1) is 24.6. The number of anilines is 4. The van der Waals surface area contributed by atoms with Gasteiger partial charge < -0.3 is 9.80 Å². The minimum absolute atomic E-state index is 1.01. The first-order valence-corrected chi connectivity index (χ1v) is 12.7. The highest BCUT2D eigenvalue weighted by molar-refractivity contribution is 5.80. The van der Waals surface area contributed by atoms with Crippen LogP contribution in [0.25, 0.3) is 11.1 Å². The van der Waals surface area contributed by atoms with E-state index in [1.54, 1.807) is 0 Å². The van der Waals surface area contributed by atoms with Gasteiger partial charge in [-0.1, -0.05) is 36.4 Å². The molecule has 4 aromatic carbocycles. The van der Waals surface area contributed by atoms with Crippen LogP contribution in [-0.2, 0) is 0 Å². The van der Waals surface area contributed by atoms with E-state index in [0.717, 1.165) is 18.8 Å². The third-order valence-corrected chi connectivity index (χ3v) is 7.27. The molecule has 4 aromatic rings. The van der Waals surface area contributed by atoms with Crippen molar-refractivity contribution in [3.05, 3.63) is 107 Å². The van der Waals surface area contributed by atoms with Crippen molar-refractivity contribution in [3.8, 4) is 11.1 Å². The molecule has 0 aliphatic heterocycles. The van der Waals surface area contributed by atoms with E-state index in [2.05, 4.69) is 137 Å². The van der Waals surface area contributed by atoms with E-state index in [4.69, 9.17) is 0 Å². The lowest BCUT2D eigenvalue weighted by atomic mass is 10.0. The summed E-state index contributed by atoms with van der Waals surface area (Å²) in [6.45, 7) is 17.4. The van der Waals surface area contributed by atoms with Crippen molar-refractivity contribution in [2.45, 2.75) is 48.5 Å². The van der Waals surface area contributed by atoms with Gasteiger partial charge in [-0.25, -0.2) is 0 Å². The Morgan fingerprint density at radius 1 is 0.457 bits per heavy atom. The fourth-order valence-corrected chi connectivity index (χ4v) is 4.67. The molecule has 2 nitrogen and oxygen atoms in total. The van der Waals surface area contributed by atoms with Gasteiger partial charge in [0.15, 0.2) is 0 Å². The molecule has 0 radical (unpaired) electrons. The Labute approximate surface area is 211 Å². The van der Waals surface area contributed by atoms with Crippen LogP contribution < -0.4 is 9.80 Å². The maximum Gasteiger partial charge on any atom is 0.0464 e. The van der Waals surface area contributed by atoms with Gasteiger partial charge in [0.05, 0.1) is 0 Å². The second-order valence-electron chi connectivity index (χ2n) is 9.59. The van der Waals surface area contributed by atoms with Crippen LogP contribution in [0.15, 0.2) is 78.9 Å². The minimum atomic E-state index is 1.01. The van der Waals surface area contributed by atoms with Crippen LogP contribution in [0.2, 0.25) is 0 Å². The monoisotopic (exact) mass is 462 g/mol. The van der Waals surface area contributed by atoms with Gasteiger partial charge in [-0.15, -0.1) is 0 Å². The molecule has 0 unspecified atom stereocenters. The summed E-state index contributed by atoms with van der Waals surface area (Å²) in [5, 5.41) is 0. The highest BCUT2D eigenvalue weighted by Crippen LogP contribution is 2.37. The molecule has 0 aliphatic carbocycles. The van der Waals surface area contributed by atoms with Gasteiger partial charge in [-0.3, -0.25) is 0 Å². The van der Waals surface area contributed by atoms with Crippen LogP contribution in [0.1, 0.15) is 41.7 Å². The topological polar surface area (TPSA) is 6.48 Å². The Morgan fingerprint density at radius 3 is 1.40 bits per heavy atom. The highest BCUT2D eigenvalue weighted by Gasteiger charge is 2.15. The summed E-state index contributed by atoms with van der Waals surface area (Å²) in [5.74, 6) is 0. The van der Waals surface area contributed by atoms with Gasteiger partial charge in [-0.2, -0.15) is 0 Å². The molecule has 0 fully saturated rings. The number of rotatable bonds is 7. The number of hydrogen-bond acceptors (Lipinski definition) is 2. The summed E-state index contributed by atoms with van der Waals surface area (Å²) in [7, 11) is 0. The van der Waals surface area contributed by atoms with E-state index in [1.807, 2.05) is 0 Å². The molecule has 180 valence electrons. The number of aryl methyl sites for hydroxylation is 5. The standard InChI is InChI=1S/C33H38N2/c1-8-34(9-2)33-22-29(13-10-25(33)5)28-14-18-30(19-15-28)35(31-16-11-23(3)26(6)20-31)32-17-12-24(4)27(7)21-32/h10-22H,8-9H2,1-7H3. The summed E-state index contributed by atoms with van der Waals surface area (Å²) in [4.78, 5) is 4.79. The maximum absolute atomic E-state index is 2.42. The van der Waals surface area contributed by atoms with Crippen LogP contribution in [0.5, 0.6) is 0 Å². The number of nitrogens with zero attached hydrogens (tertiary/aromatic N) is 2. The summed E-state index contributed by atoms with van der Waals surface area (Å²) < 4.78 is 0. The molecule has 0 amide bonds. The van der Waals surface area contributed by atoms with E-state index in [1.165, 1.54) is 56.0 Å². The van der Waals surface area contributed by atoms with Crippen molar-refractivity contribution in [2.24, 2.45) is 0 Å². The van der Waals surface area contributed by atoms with Gasteiger partial charge in [0, 0.05) is 35.8 Å². The van der Waals surface area contributed by atoms with E-state index < -0.39 is 0 Å². The van der Waals surface area contributed by atoms with Crippen molar-refractivity contribution in [3.63, 3.8) is 0 Å². The molecular weight excluding hydrogens is 424 g/mol. The molecule has 0 saturated carbocycles. The van der Waals surface area contributed by atoms with Crippen molar-refractivity contribution < 1.29 is 0 Å². The molecule has 0 heterocycles. The lowest BCUT2D eigenvalue weighted by molar-refractivity contribution is 0.862. The Kier molecular flexibility index (Phi) is 7.31. The molecule has 35 heavy (non-hydrogen) atoms. The third-order valence-electron chi connectivity index (χ3n) is 7.27. The predicted molar refractivity (Wildman–Crippen MR) is 154 cm³/mol. The zero-order valence-electron chi connectivity index (χ0n) is 22.3. The lowest BCUT2D eigenvalue weighted by Crippen LogP contribution is -2.22. The largest absolute Gasteiger partial charge is 0.372 e. The second kappa shape index (κ2) is 10.4. The Hall–Kier alpha value is -3.52. The Balaban J connectivity index is 1.77. The molecule has 2 heteroatoms. The molecule has 0 atom stereocenters. The Morgan fingerprint density at radius 2 is 0.914 bits per heavy atom. The lowest BCUT2D eigenvalue weighted by Gasteiger charge is -2.27. The third kappa shape index (κ3) is 5.12. The normalized spacial score (nSPS) is 10.9. The summed E-state index contributed by atoms with van der Waals surface area (Å²) in [6.07, 6.45) is 0.